The van der Waals surface area contributed by atoms with Gasteiger partial charge >= 0.3 is 6.09 Å². The molecule has 0 saturated carbocycles. The average molecular weight is 465 g/mol. The molecule has 3 rings (SSSR count). The molecule has 174 valence electrons. The number of amides is 1. The Morgan fingerprint density at radius 3 is 2.84 bits per heavy atom. The van der Waals surface area contributed by atoms with Crippen LogP contribution in [0, 0.1) is 0 Å². The van der Waals surface area contributed by atoms with Crippen molar-refractivity contribution in [1.82, 2.24) is 19.9 Å². The number of rotatable bonds is 6. The molecule has 4 N–H and O–H groups in total. The van der Waals surface area contributed by atoms with Crippen LogP contribution in [-0.2, 0) is 9.47 Å². The van der Waals surface area contributed by atoms with Crippen molar-refractivity contribution in [2.45, 2.75) is 38.8 Å². The maximum atomic E-state index is 12.8. The number of benzene rings is 1. The lowest BCUT2D eigenvalue weighted by Gasteiger charge is -2.37. The van der Waals surface area contributed by atoms with Gasteiger partial charge in [-0.2, -0.15) is 15.0 Å². The summed E-state index contributed by atoms with van der Waals surface area (Å²) in [5, 5.41) is 12.4. The van der Waals surface area contributed by atoms with Crippen molar-refractivity contribution in [3.05, 3.63) is 28.8 Å². The van der Waals surface area contributed by atoms with Crippen LogP contribution >= 0.6 is 11.6 Å². The van der Waals surface area contributed by atoms with Gasteiger partial charge in [0.1, 0.15) is 5.60 Å². The van der Waals surface area contributed by atoms with E-state index in [1.54, 1.807) is 17.0 Å². The summed E-state index contributed by atoms with van der Waals surface area (Å²) in [5.74, 6) is 0.701. The van der Waals surface area contributed by atoms with Crippen LogP contribution in [0.25, 0.3) is 11.4 Å². The van der Waals surface area contributed by atoms with E-state index in [4.69, 9.17) is 31.9 Å². The lowest BCUT2D eigenvalue weighted by atomic mass is 10.0. The van der Waals surface area contributed by atoms with E-state index < -0.39 is 11.7 Å². The molecule has 0 radical (unpaired) electrons. The molecule has 1 aromatic carbocycles. The van der Waals surface area contributed by atoms with E-state index in [-0.39, 0.29) is 18.6 Å². The van der Waals surface area contributed by atoms with Gasteiger partial charge in [-0.3, -0.25) is 4.90 Å². The fourth-order valence-corrected chi connectivity index (χ4v) is 3.48. The number of anilines is 2. The SMILES string of the molecule is CC(C)(C)OC(=O)N1CCOC[C@H]1c1cc(Cl)cc(-c2nc(N)nc(NCCCO)n2)c1. The number of morpholine rings is 1. The largest absolute Gasteiger partial charge is 0.444 e. The standard InChI is InChI=1S/C21H29ClN6O4/c1-21(2,3)32-20(30)28-6-8-31-12-16(28)13-9-14(11-15(22)10-13)17-25-18(23)27-19(26-17)24-5-4-7-29/h9-11,16,29H,4-8,12H2,1-3H3,(H3,23,24,25,26,27)/t16-/m0/s1. The molecule has 1 aromatic heterocycles. The number of nitrogens with zero attached hydrogens (tertiary/aromatic N) is 4. The maximum absolute atomic E-state index is 12.8. The zero-order chi connectivity index (χ0) is 23.3. The summed E-state index contributed by atoms with van der Waals surface area (Å²) in [4.78, 5) is 27.2. The van der Waals surface area contributed by atoms with Crippen LogP contribution < -0.4 is 11.1 Å². The van der Waals surface area contributed by atoms with Crippen LogP contribution in [0.3, 0.4) is 0 Å². The second-order valence-electron chi connectivity index (χ2n) is 8.38. The Bertz CT molecular complexity index is 952. The summed E-state index contributed by atoms with van der Waals surface area (Å²) in [7, 11) is 0. The molecule has 1 atom stereocenters. The fraction of sp³-hybridized carbons (Fsp3) is 0.524. The molecule has 0 unspecified atom stereocenters. The highest BCUT2D eigenvalue weighted by Crippen LogP contribution is 2.32. The van der Waals surface area contributed by atoms with Gasteiger partial charge in [-0.05, 0) is 51.0 Å². The van der Waals surface area contributed by atoms with Gasteiger partial charge in [-0.25, -0.2) is 4.79 Å². The number of nitrogen functional groups attached to an aromatic ring is 1. The number of halogens is 1. The van der Waals surface area contributed by atoms with Crippen LogP contribution in [0.4, 0.5) is 16.7 Å². The summed E-state index contributed by atoms with van der Waals surface area (Å²) in [6.45, 7) is 7.17. The Labute approximate surface area is 192 Å². The topological polar surface area (TPSA) is 136 Å². The van der Waals surface area contributed by atoms with Crippen LogP contribution in [0.1, 0.15) is 38.8 Å². The zero-order valence-corrected chi connectivity index (χ0v) is 19.2. The average Bonchev–Trinajstić information content (AvgIpc) is 2.72. The highest BCUT2D eigenvalue weighted by molar-refractivity contribution is 6.31. The van der Waals surface area contributed by atoms with Gasteiger partial charge in [0.25, 0.3) is 0 Å². The molecule has 0 bridgehead atoms. The van der Waals surface area contributed by atoms with Gasteiger partial charge in [0.2, 0.25) is 11.9 Å². The lowest BCUT2D eigenvalue weighted by molar-refractivity contribution is -0.0331. The Morgan fingerprint density at radius 1 is 1.34 bits per heavy atom. The Kier molecular flexibility index (Phi) is 7.70. The van der Waals surface area contributed by atoms with Crippen LogP contribution in [0.2, 0.25) is 5.02 Å². The smallest absolute Gasteiger partial charge is 0.410 e. The first-order valence-corrected chi connectivity index (χ1v) is 10.8. The molecule has 2 heterocycles. The predicted molar refractivity (Wildman–Crippen MR) is 121 cm³/mol. The third-order valence-corrected chi connectivity index (χ3v) is 4.81. The van der Waals surface area contributed by atoms with E-state index in [2.05, 4.69) is 20.3 Å². The third kappa shape index (κ3) is 6.41. The van der Waals surface area contributed by atoms with E-state index in [9.17, 15) is 4.79 Å². The van der Waals surface area contributed by atoms with Crippen LogP contribution in [0.15, 0.2) is 18.2 Å². The molecule has 1 aliphatic rings. The first-order valence-electron chi connectivity index (χ1n) is 10.4. The normalized spacial score (nSPS) is 16.7. The highest BCUT2D eigenvalue weighted by atomic mass is 35.5. The summed E-state index contributed by atoms with van der Waals surface area (Å²) >= 11 is 6.41. The molecule has 11 heteroatoms. The Morgan fingerprint density at radius 2 is 2.12 bits per heavy atom. The van der Waals surface area contributed by atoms with Crippen molar-refractivity contribution in [2.24, 2.45) is 0 Å². The molecular weight excluding hydrogens is 436 g/mol. The second-order valence-corrected chi connectivity index (χ2v) is 8.82. The lowest BCUT2D eigenvalue weighted by Crippen LogP contribution is -2.45. The van der Waals surface area contributed by atoms with E-state index in [1.165, 1.54) is 0 Å². The van der Waals surface area contributed by atoms with E-state index >= 15 is 0 Å². The quantitative estimate of drug-likeness (QED) is 0.551. The molecule has 1 amide bonds. The van der Waals surface area contributed by atoms with Gasteiger partial charge in [0, 0.05) is 30.3 Å². The minimum absolute atomic E-state index is 0.0513. The van der Waals surface area contributed by atoms with Crippen molar-refractivity contribution >= 4 is 29.6 Å². The second kappa shape index (κ2) is 10.3. The first-order chi connectivity index (χ1) is 15.2. The van der Waals surface area contributed by atoms with Crippen LogP contribution in [0.5, 0.6) is 0 Å². The molecule has 2 aromatic rings. The highest BCUT2D eigenvalue weighted by Gasteiger charge is 2.32. The molecule has 0 spiro atoms. The van der Waals surface area contributed by atoms with E-state index in [0.29, 0.717) is 55.1 Å². The molecular formula is C21H29ClN6O4. The summed E-state index contributed by atoms with van der Waals surface area (Å²) in [6.07, 6.45) is 0.136. The molecule has 10 nitrogen and oxygen atoms in total. The van der Waals surface area contributed by atoms with E-state index in [0.717, 1.165) is 5.56 Å². The minimum atomic E-state index is -0.610. The number of hydrogen-bond acceptors (Lipinski definition) is 9. The number of nitrogens with one attached hydrogen (secondary N) is 1. The number of carbonyl (C=O) groups excluding carboxylic acids is 1. The number of ether oxygens (including phenoxy) is 2. The minimum Gasteiger partial charge on any atom is -0.444 e. The third-order valence-electron chi connectivity index (χ3n) is 4.59. The van der Waals surface area contributed by atoms with Crippen molar-refractivity contribution in [2.75, 3.05) is 44.0 Å². The van der Waals surface area contributed by atoms with Crippen molar-refractivity contribution in [3.63, 3.8) is 0 Å². The van der Waals surface area contributed by atoms with Gasteiger partial charge in [-0.15, -0.1) is 0 Å². The van der Waals surface area contributed by atoms with Gasteiger partial charge in [0.05, 0.1) is 19.3 Å². The molecule has 32 heavy (non-hydrogen) atoms. The van der Waals surface area contributed by atoms with Gasteiger partial charge in [0.15, 0.2) is 5.82 Å². The van der Waals surface area contributed by atoms with Gasteiger partial charge < -0.3 is 25.6 Å². The van der Waals surface area contributed by atoms with E-state index in [1.807, 2.05) is 26.8 Å². The fourth-order valence-electron chi connectivity index (χ4n) is 3.23. The van der Waals surface area contributed by atoms with Crippen LogP contribution in [-0.4, -0.2) is 69.6 Å². The summed E-state index contributed by atoms with van der Waals surface area (Å²) in [5.41, 5.74) is 6.65. The van der Waals surface area contributed by atoms with Crippen molar-refractivity contribution < 1.29 is 19.4 Å². The first kappa shape index (κ1) is 24.0. The monoisotopic (exact) mass is 464 g/mol. The molecule has 1 aliphatic heterocycles. The Hall–Kier alpha value is -2.69. The van der Waals surface area contributed by atoms with Crippen molar-refractivity contribution in [1.29, 1.82) is 0 Å². The molecule has 1 saturated heterocycles. The number of hydrogen-bond donors (Lipinski definition) is 3. The van der Waals surface area contributed by atoms with Gasteiger partial charge in [-0.1, -0.05) is 11.6 Å². The summed E-state index contributed by atoms with van der Waals surface area (Å²) < 4.78 is 11.2. The summed E-state index contributed by atoms with van der Waals surface area (Å²) in [6, 6.07) is 4.98. The van der Waals surface area contributed by atoms with Crippen molar-refractivity contribution in [3.8, 4) is 11.4 Å². The number of carbonyl (C=O) groups is 1. The maximum Gasteiger partial charge on any atom is 0.410 e. The number of aliphatic hydroxyl groups is 1. The number of aliphatic hydroxyl groups excluding tert-OH is 1. The number of nitrogens with two attached hydrogens (primary N) is 1. The number of aromatic nitrogens is 3. The molecule has 1 fully saturated rings. The zero-order valence-electron chi connectivity index (χ0n) is 18.5. The molecule has 0 aliphatic carbocycles. The Balaban J connectivity index is 1.92. The predicted octanol–water partition coefficient (Wildman–Crippen LogP) is 2.88.